The lowest BCUT2D eigenvalue weighted by Crippen LogP contribution is -2.30. The SMILES string of the molecule is CCC1CCCCC1Oc1ccc(Cl)cc1C=CC(=O)O. The number of carboxylic acids is 1. The van der Waals surface area contributed by atoms with E-state index in [1.807, 2.05) is 6.07 Å². The smallest absolute Gasteiger partial charge is 0.328 e. The van der Waals surface area contributed by atoms with Gasteiger partial charge in [0.25, 0.3) is 0 Å². The number of carbonyl (C=O) groups is 1. The molecule has 1 aromatic carbocycles. The van der Waals surface area contributed by atoms with Crippen molar-refractivity contribution in [1.82, 2.24) is 0 Å². The Morgan fingerprint density at radius 1 is 1.43 bits per heavy atom. The summed E-state index contributed by atoms with van der Waals surface area (Å²) < 4.78 is 6.17. The third-order valence-electron chi connectivity index (χ3n) is 4.02. The Balaban J connectivity index is 2.20. The molecule has 1 fully saturated rings. The zero-order valence-corrected chi connectivity index (χ0v) is 13.0. The van der Waals surface area contributed by atoms with Crippen LogP contribution in [0.1, 0.15) is 44.6 Å². The van der Waals surface area contributed by atoms with Crippen LogP contribution in [-0.2, 0) is 4.79 Å². The first-order valence-corrected chi connectivity index (χ1v) is 7.85. The molecule has 2 rings (SSSR count). The molecule has 4 heteroatoms. The largest absolute Gasteiger partial charge is 0.490 e. The number of carboxylic acid groups (broad SMARTS) is 1. The summed E-state index contributed by atoms with van der Waals surface area (Å²) in [5.41, 5.74) is 0.713. The van der Waals surface area contributed by atoms with Crippen LogP contribution in [0, 0.1) is 5.92 Å². The molecule has 2 atom stereocenters. The van der Waals surface area contributed by atoms with Gasteiger partial charge in [-0.25, -0.2) is 4.79 Å². The monoisotopic (exact) mass is 308 g/mol. The molecule has 1 N–H and O–H groups in total. The quantitative estimate of drug-likeness (QED) is 0.796. The second-order valence-corrected chi connectivity index (χ2v) is 5.90. The van der Waals surface area contributed by atoms with Crippen molar-refractivity contribution < 1.29 is 14.6 Å². The number of aliphatic carboxylic acids is 1. The maximum Gasteiger partial charge on any atom is 0.328 e. The van der Waals surface area contributed by atoms with Crippen LogP contribution in [0.25, 0.3) is 6.08 Å². The van der Waals surface area contributed by atoms with E-state index in [1.165, 1.54) is 25.3 Å². The van der Waals surface area contributed by atoms with E-state index in [-0.39, 0.29) is 6.10 Å². The first-order valence-electron chi connectivity index (χ1n) is 7.47. The molecule has 3 nitrogen and oxygen atoms in total. The fourth-order valence-corrected chi connectivity index (χ4v) is 3.06. The number of hydrogen-bond donors (Lipinski definition) is 1. The summed E-state index contributed by atoms with van der Waals surface area (Å²) in [6.07, 6.45) is 8.68. The van der Waals surface area contributed by atoms with Crippen molar-refractivity contribution in [2.24, 2.45) is 5.92 Å². The molecule has 1 aromatic rings. The van der Waals surface area contributed by atoms with Crippen molar-refractivity contribution in [2.75, 3.05) is 0 Å². The predicted molar refractivity (Wildman–Crippen MR) is 84.8 cm³/mol. The van der Waals surface area contributed by atoms with Crippen LogP contribution in [0.4, 0.5) is 0 Å². The van der Waals surface area contributed by atoms with E-state index >= 15 is 0 Å². The van der Waals surface area contributed by atoms with Crippen LogP contribution >= 0.6 is 11.6 Å². The van der Waals surface area contributed by atoms with Crippen molar-refractivity contribution in [3.8, 4) is 5.75 Å². The Kier molecular flexibility index (Phi) is 5.68. The maximum atomic E-state index is 10.7. The molecule has 0 radical (unpaired) electrons. The van der Waals surface area contributed by atoms with Crippen LogP contribution in [0.2, 0.25) is 5.02 Å². The fraction of sp³-hybridized carbons (Fsp3) is 0.471. The van der Waals surface area contributed by atoms with Gasteiger partial charge in [-0.3, -0.25) is 0 Å². The number of benzene rings is 1. The normalized spacial score (nSPS) is 22.4. The molecular formula is C17H21ClO3. The second kappa shape index (κ2) is 7.51. The van der Waals surface area contributed by atoms with Crippen molar-refractivity contribution >= 4 is 23.6 Å². The Labute approximate surface area is 130 Å². The molecule has 0 spiro atoms. The molecular weight excluding hydrogens is 288 g/mol. The number of halogens is 1. The number of hydrogen-bond acceptors (Lipinski definition) is 2. The summed E-state index contributed by atoms with van der Waals surface area (Å²) in [4.78, 5) is 10.7. The van der Waals surface area contributed by atoms with Gasteiger partial charge in [0.2, 0.25) is 0 Å². The lowest BCUT2D eigenvalue weighted by atomic mass is 9.84. The molecule has 1 saturated carbocycles. The van der Waals surface area contributed by atoms with Gasteiger partial charge in [-0.15, -0.1) is 0 Å². The van der Waals surface area contributed by atoms with Crippen LogP contribution in [0.3, 0.4) is 0 Å². The Hall–Kier alpha value is -1.48. The number of rotatable bonds is 5. The minimum Gasteiger partial charge on any atom is -0.490 e. The number of ether oxygens (including phenoxy) is 1. The molecule has 0 saturated heterocycles. The van der Waals surface area contributed by atoms with Gasteiger partial charge in [0, 0.05) is 16.7 Å². The summed E-state index contributed by atoms with van der Waals surface area (Å²) in [5.74, 6) is 0.304. The Morgan fingerprint density at radius 2 is 2.19 bits per heavy atom. The predicted octanol–water partition coefficient (Wildman–Crippen LogP) is 4.79. The molecule has 0 aliphatic heterocycles. The minimum atomic E-state index is -0.981. The molecule has 1 aliphatic carbocycles. The zero-order chi connectivity index (χ0) is 15.2. The molecule has 2 unspecified atom stereocenters. The van der Waals surface area contributed by atoms with Gasteiger partial charge < -0.3 is 9.84 Å². The lowest BCUT2D eigenvalue weighted by Gasteiger charge is -2.31. The molecule has 0 bridgehead atoms. The van der Waals surface area contributed by atoms with Crippen molar-refractivity contribution in [1.29, 1.82) is 0 Å². The third-order valence-corrected chi connectivity index (χ3v) is 4.25. The van der Waals surface area contributed by atoms with Gasteiger partial charge in [0.1, 0.15) is 11.9 Å². The molecule has 21 heavy (non-hydrogen) atoms. The summed E-state index contributed by atoms with van der Waals surface area (Å²) >= 11 is 5.99. The average molecular weight is 309 g/mol. The highest BCUT2D eigenvalue weighted by atomic mass is 35.5. The van der Waals surface area contributed by atoms with Crippen molar-refractivity contribution in [3.05, 3.63) is 34.9 Å². The van der Waals surface area contributed by atoms with Gasteiger partial charge in [0.15, 0.2) is 0 Å². The van der Waals surface area contributed by atoms with E-state index in [9.17, 15) is 4.79 Å². The van der Waals surface area contributed by atoms with Crippen LogP contribution in [0.5, 0.6) is 5.75 Å². The third kappa shape index (κ3) is 4.50. The fourth-order valence-electron chi connectivity index (χ4n) is 2.88. The Morgan fingerprint density at radius 3 is 2.90 bits per heavy atom. The Bertz CT molecular complexity index is 525. The van der Waals surface area contributed by atoms with E-state index in [0.29, 0.717) is 22.3 Å². The van der Waals surface area contributed by atoms with Gasteiger partial charge >= 0.3 is 5.97 Å². The van der Waals surface area contributed by atoms with Crippen molar-refractivity contribution in [2.45, 2.75) is 45.1 Å². The zero-order valence-electron chi connectivity index (χ0n) is 12.2. The van der Waals surface area contributed by atoms with Crippen molar-refractivity contribution in [3.63, 3.8) is 0 Å². The van der Waals surface area contributed by atoms with Gasteiger partial charge in [-0.05, 0) is 55.9 Å². The highest BCUT2D eigenvalue weighted by Crippen LogP contribution is 2.33. The topological polar surface area (TPSA) is 46.5 Å². The maximum absolute atomic E-state index is 10.7. The second-order valence-electron chi connectivity index (χ2n) is 5.46. The molecule has 114 valence electrons. The first kappa shape index (κ1) is 15.9. The van der Waals surface area contributed by atoms with E-state index in [4.69, 9.17) is 21.4 Å². The lowest BCUT2D eigenvalue weighted by molar-refractivity contribution is -0.131. The van der Waals surface area contributed by atoms with Gasteiger partial charge in [-0.1, -0.05) is 24.9 Å². The molecule has 0 amide bonds. The summed E-state index contributed by atoms with van der Waals surface area (Å²) in [6, 6.07) is 5.34. The van der Waals surface area contributed by atoms with Gasteiger partial charge in [-0.2, -0.15) is 0 Å². The van der Waals surface area contributed by atoms with E-state index in [0.717, 1.165) is 18.9 Å². The average Bonchev–Trinajstić information content (AvgIpc) is 2.48. The highest BCUT2D eigenvalue weighted by Gasteiger charge is 2.25. The van der Waals surface area contributed by atoms with E-state index < -0.39 is 5.97 Å². The minimum absolute atomic E-state index is 0.210. The van der Waals surface area contributed by atoms with Crippen LogP contribution in [0.15, 0.2) is 24.3 Å². The van der Waals surface area contributed by atoms with Crippen LogP contribution in [-0.4, -0.2) is 17.2 Å². The standard InChI is InChI=1S/C17H21ClO3/c1-2-12-5-3-4-6-15(12)21-16-9-8-14(18)11-13(16)7-10-17(19)20/h7-12,15H,2-6H2,1H3,(H,19,20). The first-order chi connectivity index (χ1) is 10.1. The van der Waals surface area contributed by atoms with E-state index in [2.05, 4.69) is 6.92 Å². The highest BCUT2D eigenvalue weighted by molar-refractivity contribution is 6.30. The molecule has 0 heterocycles. The van der Waals surface area contributed by atoms with Crippen LogP contribution < -0.4 is 4.74 Å². The molecule has 0 aromatic heterocycles. The van der Waals surface area contributed by atoms with Gasteiger partial charge in [0.05, 0.1) is 0 Å². The summed E-state index contributed by atoms with van der Waals surface area (Å²) in [7, 11) is 0. The van der Waals surface area contributed by atoms with E-state index in [1.54, 1.807) is 12.1 Å². The molecule has 1 aliphatic rings. The summed E-state index contributed by atoms with van der Waals surface area (Å²) in [5, 5.41) is 9.35. The summed E-state index contributed by atoms with van der Waals surface area (Å²) in [6.45, 7) is 2.19.